The summed E-state index contributed by atoms with van der Waals surface area (Å²) in [7, 11) is 0. The highest BCUT2D eigenvalue weighted by Crippen LogP contribution is 2.54. The van der Waals surface area contributed by atoms with Crippen molar-refractivity contribution in [2.24, 2.45) is 11.3 Å². The molecule has 1 saturated heterocycles. The Hall–Kier alpha value is -2.08. The van der Waals surface area contributed by atoms with Crippen molar-refractivity contribution in [1.29, 1.82) is 0 Å². The van der Waals surface area contributed by atoms with Crippen molar-refractivity contribution in [3.63, 3.8) is 0 Å². The lowest BCUT2D eigenvalue weighted by molar-refractivity contribution is -0.152. The average molecular weight is 346 g/mol. The first kappa shape index (κ1) is 16.4. The van der Waals surface area contributed by atoms with E-state index < -0.39 is 36.4 Å². The third-order valence-electron chi connectivity index (χ3n) is 5.72. The first-order valence-electron chi connectivity index (χ1n) is 8.67. The highest BCUT2D eigenvalue weighted by molar-refractivity contribution is 5.93. The van der Waals surface area contributed by atoms with Gasteiger partial charge in [0.2, 0.25) is 0 Å². The standard InChI is InChI=1S/C19H22O6/c1-9-7-12(24-17(9)21)23-8-11-13-15(20)10-5-4-6-19(2,3)14(10)16(13)25-18(11)22/h7-8,12-13,15-16,20H,4-6H2,1-3H3/b11-8+/t12?,13-,15+,16-/m1/s1. The molecule has 4 aliphatic rings. The fraction of sp³-hybridized carbons (Fsp3) is 0.579. The summed E-state index contributed by atoms with van der Waals surface area (Å²) in [5.74, 6) is -1.36. The van der Waals surface area contributed by atoms with E-state index in [-0.39, 0.29) is 5.41 Å². The number of aliphatic hydroxyl groups excluding tert-OH is 1. The molecule has 0 bridgehead atoms. The summed E-state index contributed by atoms with van der Waals surface area (Å²) in [5.41, 5.74) is 2.75. The number of fused-ring (bicyclic) bond motifs is 2. The van der Waals surface area contributed by atoms with E-state index in [0.29, 0.717) is 11.1 Å². The molecule has 0 radical (unpaired) electrons. The van der Waals surface area contributed by atoms with Crippen LogP contribution in [0.4, 0.5) is 0 Å². The van der Waals surface area contributed by atoms with Crippen LogP contribution in [0, 0.1) is 11.3 Å². The average Bonchev–Trinajstić information content (AvgIpc) is 3.11. The van der Waals surface area contributed by atoms with E-state index in [2.05, 4.69) is 13.8 Å². The van der Waals surface area contributed by atoms with Gasteiger partial charge in [-0.25, -0.2) is 9.59 Å². The van der Waals surface area contributed by atoms with Gasteiger partial charge >= 0.3 is 11.9 Å². The predicted octanol–water partition coefficient (Wildman–Crippen LogP) is 2.14. The normalized spacial score (nSPS) is 37.6. The summed E-state index contributed by atoms with van der Waals surface area (Å²) in [5, 5.41) is 10.8. The van der Waals surface area contributed by atoms with Crippen molar-refractivity contribution in [2.75, 3.05) is 0 Å². The van der Waals surface area contributed by atoms with Crippen molar-refractivity contribution in [2.45, 2.75) is 58.5 Å². The van der Waals surface area contributed by atoms with Gasteiger partial charge in [-0.3, -0.25) is 0 Å². The molecule has 0 aromatic heterocycles. The van der Waals surface area contributed by atoms with Gasteiger partial charge in [0.05, 0.1) is 23.9 Å². The second kappa shape index (κ2) is 5.46. The fourth-order valence-electron chi connectivity index (χ4n) is 4.49. The zero-order valence-electron chi connectivity index (χ0n) is 14.6. The van der Waals surface area contributed by atoms with Crippen molar-refractivity contribution in [1.82, 2.24) is 0 Å². The summed E-state index contributed by atoms with van der Waals surface area (Å²) in [6.45, 7) is 5.90. The number of carbonyl (C=O) groups is 2. The van der Waals surface area contributed by atoms with Gasteiger partial charge in [0.15, 0.2) is 0 Å². The van der Waals surface area contributed by atoms with Crippen LogP contribution in [0.1, 0.15) is 40.0 Å². The number of carbonyl (C=O) groups excluding carboxylic acids is 2. The highest BCUT2D eigenvalue weighted by Gasteiger charge is 2.56. The molecule has 134 valence electrons. The molecular weight excluding hydrogens is 324 g/mol. The lowest BCUT2D eigenvalue weighted by Gasteiger charge is -2.34. The Morgan fingerprint density at radius 1 is 1.28 bits per heavy atom. The van der Waals surface area contributed by atoms with Crippen LogP contribution < -0.4 is 0 Å². The second-order valence-corrected chi connectivity index (χ2v) is 7.81. The van der Waals surface area contributed by atoms with Crippen molar-refractivity contribution >= 4 is 11.9 Å². The monoisotopic (exact) mass is 346 g/mol. The predicted molar refractivity (Wildman–Crippen MR) is 86.8 cm³/mol. The van der Waals surface area contributed by atoms with Gasteiger partial charge < -0.3 is 19.3 Å². The number of ether oxygens (including phenoxy) is 3. The van der Waals surface area contributed by atoms with Crippen LogP contribution in [-0.4, -0.2) is 35.5 Å². The Balaban J connectivity index is 1.60. The molecule has 0 saturated carbocycles. The number of aliphatic hydroxyl groups is 1. The van der Waals surface area contributed by atoms with Crippen LogP contribution in [0.25, 0.3) is 0 Å². The third kappa shape index (κ3) is 2.42. The van der Waals surface area contributed by atoms with Gasteiger partial charge in [0.1, 0.15) is 6.10 Å². The maximum atomic E-state index is 12.3. The van der Waals surface area contributed by atoms with Crippen molar-refractivity contribution < 1.29 is 28.9 Å². The Labute approximate surface area is 146 Å². The first-order chi connectivity index (χ1) is 11.8. The van der Waals surface area contributed by atoms with Crippen LogP contribution >= 0.6 is 0 Å². The lowest BCUT2D eigenvalue weighted by Crippen LogP contribution is -2.27. The number of esters is 2. The molecule has 1 fully saturated rings. The van der Waals surface area contributed by atoms with Gasteiger partial charge in [-0.2, -0.15) is 0 Å². The maximum Gasteiger partial charge on any atom is 0.338 e. The number of cyclic esters (lactones) is 1. The van der Waals surface area contributed by atoms with Crippen molar-refractivity contribution in [3.05, 3.63) is 34.6 Å². The minimum absolute atomic E-state index is 0.0919. The largest absolute Gasteiger partial charge is 0.458 e. The van der Waals surface area contributed by atoms with E-state index in [1.165, 1.54) is 6.26 Å². The minimum Gasteiger partial charge on any atom is -0.458 e. The smallest absolute Gasteiger partial charge is 0.338 e. The second-order valence-electron chi connectivity index (χ2n) is 7.81. The van der Waals surface area contributed by atoms with Gasteiger partial charge in [0, 0.05) is 11.6 Å². The molecular formula is C19H22O6. The van der Waals surface area contributed by atoms with Crippen LogP contribution in [-0.2, 0) is 23.8 Å². The van der Waals surface area contributed by atoms with E-state index in [1.807, 2.05) is 0 Å². The number of hydrogen-bond donors (Lipinski definition) is 1. The molecule has 0 spiro atoms. The highest BCUT2D eigenvalue weighted by atomic mass is 16.7. The Morgan fingerprint density at radius 2 is 2.04 bits per heavy atom. The molecule has 4 rings (SSSR count). The summed E-state index contributed by atoms with van der Waals surface area (Å²) in [6.07, 6.45) is 3.70. The molecule has 0 aromatic carbocycles. The molecule has 6 heteroatoms. The summed E-state index contributed by atoms with van der Waals surface area (Å²) in [4.78, 5) is 23.7. The zero-order chi connectivity index (χ0) is 17.9. The fourth-order valence-corrected chi connectivity index (χ4v) is 4.49. The zero-order valence-corrected chi connectivity index (χ0v) is 14.6. The first-order valence-corrected chi connectivity index (χ1v) is 8.67. The van der Waals surface area contributed by atoms with Gasteiger partial charge in [0.25, 0.3) is 6.29 Å². The quantitative estimate of drug-likeness (QED) is 0.357. The molecule has 6 nitrogen and oxygen atoms in total. The summed E-state index contributed by atoms with van der Waals surface area (Å²) < 4.78 is 16.1. The molecule has 2 aliphatic heterocycles. The topological polar surface area (TPSA) is 82.1 Å². The Bertz CT molecular complexity index is 741. The Morgan fingerprint density at radius 3 is 2.72 bits per heavy atom. The summed E-state index contributed by atoms with van der Waals surface area (Å²) >= 11 is 0. The van der Waals surface area contributed by atoms with E-state index in [1.54, 1.807) is 13.0 Å². The molecule has 2 aliphatic carbocycles. The number of rotatable bonds is 2. The van der Waals surface area contributed by atoms with Crippen LogP contribution in [0.15, 0.2) is 34.6 Å². The lowest BCUT2D eigenvalue weighted by atomic mass is 9.72. The van der Waals surface area contributed by atoms with Crippen LogP contribution in [0.5, 0.6) is 0 Å². The summed E-state index contributed by atoms with van der Waals surface area (Å²) in [6, 6.07) is 0. The number of hydrogen-bond acceptors (Lipinski definition) is 6. The van der Waals surface area contributed by atoms with E-state index >= 15 is 0 Å². The molecule has 1 N–H and O–H groups in total. The van der Waals surface area contributed by atoms with Crippen LogP contribution in [0.3, 0.4) is 0 Å². The van der Waals surface area contributed by atoms with Gasteiger partial charge in [-0.1, -0.05) is 13.8 Å². The van der Waals surface area contributed by atoms with Crippen LogP contribution in [0.2, 0.25) is 0 Å². The molecule has 25 heavy (non-hydrogen) atoms. The molecule has 0 amide bonds. The molecule has 2 heterocycles. The van der Waals surface area contributed by atoms with Gasteiger partial charge in [-0.05, 0) is 42.7 Å². The minimum atomic E-state index is -0.843. The SMILES string of the molecule is CC1=CC(O/C=C2/C(=O)O[C@H]3C4=C(CCCC4(C)C)[C@H](O)[C@@H]23)OC1=O. The maximum absolute atomic E-state index is 12.3. The molecule has 4 atom stereocenters. The third-order valence-corrected chi connectivity index (χ3v) is 5.72. The van der Waals surface area contributed by atoms with E-state index in [9.17, 15) is 14.7 Å². The van der Waals surface area contributed by atoms with Crippen molar-refractivity contribution in [3.8, 4) is 0 Å². The van der Waals surface area contributed by atoms with E-state index in [4.69, 9.17) is 14.2 Å². The van der Waals surface area contributed by atoms with Gasteiger partial charge in [-0.15, -0.1) is 0 Å². The molecule has 0 aromatic rings. The Kier molecular flexibility index (Phi) is 3.58. The van der Waals surface area contributed by atoms with E-state index in [0.717, 1.165) is 30.4 Å². The molecule has 1 unspecified atom stereocenters.